The first-order valence-electron chi connectivity index (χ1n) is 15.0. The second-order valence-corrected chi connectivity index (χ2v) is 11.1. The molecule has 184 valence electrons. The molecule has 0 aromatic carbocycles. The van der Waals surface area contributed by atoms with Gasteiger partial charge in [0.1, 0.15) is 0 Å². The van der Waals surface area contributed by atoms with Crippen molar-refractivity contribution in [2.75, 3.05) is 0 Å². The Labute approximate surface area is 196 Å². The third-order valence-electron chi connectivity index (χ3n) is 8.39. The van der Waals surface area contributed by atoms with Crippen molar-refractivity contribution < 1.29 is 4.74 Å². The van der Waals surface area contributed by atoms with Crippen molar-refractivity contribution in [1.29, 1.82) is 0 Å². The number of unbranched alkanes of at least 4 members (excludes halogenated alkanes) is 10. The Morgan fingerprint density at radius 2 is 0.839 bits per heavy atom. The average Bonchev–Trinajstić information content (AvgIpc) is 2.82. The molecule has 31 heavy (non-hydrogen) atoms. The zero-order valence-corrected chi connectivity index (χ0v) is 21.7. The minimum Gasteiger partial charge on any atom is -0.374 e. The fraction of sp³-hybridized carbons (Fsp3) is 1.00. The summed E-state index contributed by atoms with van der Waals surface area (Å²) in [6.07, 6.45) is 35.3. The lowest BCUT2D eigenvalue weighted by atomic mass is 9.81. The third-order valence-corrected chi connectivity index (χ3v) is 8.39. The van der Waals surface area contributed by atoms with Crippen molar-refractivity contribution in [3.8, 4) is 0 Å². The van der Waals surface area contributed by atoms with Crippen molar-refractivity contribution in [3.63, 3.8) is 0 Å². The molecule has 0 aromatic rings. The van der Waals surface area contributed by atoms with Crippen LogP contribution in [-0.4, -0.2) is 12.2 Å². The van der Waals surface area contributed by atoms with E-state index in [1.807, 2.05) is 0 Å². The molecule has 0 amide bonds. The predicted octanol–water partition coefficient (Wildman–Crippen LogP) is 10.4. The Kier molecular flexibility index (Phi) is 16.1. The third kappa shape index (κ3) is 12.1. The van der Waals surface area contributed by atoms with E-state index in [2.05, 4.69) is 13.8 Å². The van der Waals surface area contributed by atoms with Gasteiger partial charge < -0.3 is 4.74 Å². The number of hydrogen-bond acceptors (Lipinski definition) is 1. The smallest absolute Gasteiger partial charge is 0.0607 e. The summed E-state index contributed by atoms with van der Waals surface area (Å²) in [7, 11) is 0. The summed E-state index contributed by atoms with van der Waals surface area (Å²) >= 11 is 0. The first-order valence-corrected chi connectivity index (χ1v) is 15.0. The molecule has 1 heteroatoms. The van der Waals surface area contributed by atoms with E-state index in [0.717, 1.165) is 11.8 Å². The van der Waals surface area contributed by atoms with E-state index in [-0.39, 0.29) is 0 Å². The molecule has 0 saturated heterocycles. The Bertz CT molecular complexity index is 344. The van der Waals surface area contributed by atoms with Gasteiger partial charge in [0.25, 0.3) is 0 Å². The topological polar surface area (TPSA) is 9.23 Å². The second kappa shape index (κ2) is 18.4. The molecule has 0 aromatic heterocycles. The van der Waals surface area contributed by atoms with Crippen LogP contribution in [0.1, 0.15) is 168 Å². The van der Waals surface area contributed by atoms with Crippen molar-refractivity contribution in [1.82, 2.24) is 0 Å². The number of hydrogen-bond donors (Lipinski definition) is 0. The van der Waals surface area contributed by atoms with Gasteiger partial charge in [-0.2, -0.15) is 0 Å². The zero-order valence-electron chi connectivity index (χ0n) is 21.7. The first-order chi connectivity index (χ1) is 15.3. The fourth-order valence-electron chi connectivity index (χ4n) is 6.32. The van der Waals surface area contributed by atoms with Crippen LogP contribution >= 0.6 is 0 Å². The molecule has 2 aliphatic carbocycles. The lowest BCUT2D eigenvalue weighted by Crippen LogP contribution is -2.35. The summed E-state index contributed by atoms with van der Waals surface area (Å²) in [4.78, 5) is 0. The molecule has 2 fully saturated rings. The SMILES string of the molecule is CCCCCCCCC(OC(CCCCCCCC)C1CCCCC1)C1CCCCC1. The van der Waals surface area contributed by atoms with Crippen molar-refractivity contribution in [2.45, 2.75) is 180 Å². The van der Waals surface area contributed by atoms with E-state index in [1.165, 1.54) is 154 Å². The van der Waals surface area contributed by atoms with Crippen molar-refractivity contribution >= 4 is 0 Å². The lowest BCUT2D eigenvalue weighted by molar-refractivity contribution is -0.0888. The maximum atomic E-state index is 7.18. The van der Waals surface area contributed by atoms with Crippen LogP contribution in [0, 0.1) is 11.8 Å². The maximum Gasteiger partial charge on any atom is 0.0607 e. The minimum atomic E-state index is 0.568. The molecular weight excluding hydrogens is 376 g/mol. The quantitative estimate of drug-likeness (QED) is 0.195. The number of ether oxygens (including phenoxy) is 1. The zero-order chi connectivity index (χ0) is 22.0. The number of rotatable bonds is 18. The van der Waals surface area contributed by atoms with Crippen molar-refractivity contribution in [2.24, 2.45) is 11.8 Å². The van der Waals surface area contributed by atoms with Crippen LogP contribution in [0.5, 0.6) is 0 Å². The maximum absolute atomic E-state index is 7.18. The second-order valence-electron chi connectivity index (χ2n) is 11.1. The molecule has 1 nitrogen and oxygen atoms in total. The molecule has 0 radical (unpaired) electrons. The van der Waals surface area contributed by atoms with Gasteiger partial charge >= 0.3 is 0 Å². The van der Waals surface area contributed by atoms with E-state index in [0.29, 0.717) is 12.2 Å². The molecule has 2 aliphatic rings. The highest BCUT2D eigenvalue weighted by Crippen LogP contribution is 2.36. The average molecular weight is 435 g/mol. The van der Waals surface area contributed by atoms with Gasteiger partial charge in [-0.25, -0.2) is 0 Å². The molecule has 2 rings (SSSR count). The summed E-state index contributed by atoms with van der Waals surface area (Å²) in [6, 6.07) is 0. The molecule has 2 atom stereocenters. The van der Waals surface area contributed by atoms with E-state index < -0.39 is 0 Å². The van der Waals surface area contributed by atoms with E-state index in [1.54, 1.807) is 0 Å². The van der Waals surface area contributed by atoms with Gasteiger partial charge in [0.05, 0.1) is 12.2 Å². The van der Waals surface area contributed by atoms with E-state index >= 15 is 0 Å². The highest BCUT2D eigenvalue weighted by atomic mass is 16.5. The van der Waals surface area contributed by atoms with Gasteiger partial charge in [0, 0.05) is 0 Å². The molecule has 2 unspecified atom stereocenters. The normalized spacial score (nSPS) is 20.7. The van der Waals surface area contributed by atoms with Crippen LogP contribution in [-0.2, 0) is 4.74 Å². The molecule has 0 aliphatic heterocycles. The summed E-state index contributed by atoms with van der Waals surface area (Å²) < 4.78 is 7.18. The van der Waals surface area contributed by atoms with Crippen LogP contribution in [0.3, 0.4) is 0 Å². The monoisotopic (exact) mass is 434 g/mol. The van der Waals surface area contributed by atoms with Gasteiger partial charge in [-0.05, 0) is 50.4 Å². The van der Waals surface area contributed by atoms with Crippen molar-refractivity contribution in [3.05, 3.63) is 0 Å². The van der Waals surface area contributed by atoms with Crippen LogP contribution in [0.15, 0.2) is 0 Å². The summed E-state index contributed by atoms with van der Waals surface area (Å²) in [5.74, 6) is 1.72. The van der Waals surface area contributed by atoms with E-state index in [4.69, 9.17) is 4.74 Å². The van der Waals surface area contributed by atoms with E-state index in [9.17, 15) is 0 Å². The standard InChI is InChI=1S/C30H58O/c1-3-5-7-9-11-19-25-29(27-21-15-13-16-22-27)31-30(28-23-17-14-18-24-28)26-20-12-10-8-6-4-2/h27-30H,3-26H2,1-2H3. The van der Waals surface area contributed by atoms with Gasteiger partial charge in [-0.3, -0.25) is 0 Å². The summed E-state index contributed by atoms with van der Waals surface area (Å²) in [5.41, 5.74) is 0. The Morgan fingerprint density at radius 3 is 1.23 bits per heavy atom. The van der Waals surface area contributed by atoms with Gasteiger partial charge in [-0.1, -0.05) is 129 Å². The molecule has 0 spiro atoms. The minimum absolute atomic E-state index is 0.568. The Morgan fingerprint density at radius 1 is 0.484 bits per heavy atom. The lowest BCUT2D eigenvalue weighted by Gasteiger charge is -2.37. The van der Waals surface area contributed by atoms with Crippen LogP contribution < -0.4 is 0 Å². The Hall–Kier alpha value is -0.0400. The van der Waals surface area contributed by atoms with Gasteiger partial charge in [-0.15, -0.1) is 0 Å². The molecule has 0 N–H and O–H groups in total. The molecule has 0 heterocycles. The largest absolute Gasteiger partial charge is 0.374 e. The molecule has 2 saturated carbocycles. The highest BCUT2D eigenvalue weighted by molar-refractivity contribution is 4.80. The molecular formula is C30H58O. The molecule has 0 bridgehead atoms. The highest BCUT2D eigenvalue weighted by Gasteiger charge is 2.30. The fourth-order valence-corrected chi connectivity index (χ4v) is 6.32. The van der Waals surface area contributed by atoms with Gasteiger partial charge in [0.15, 0.2) is 0 Å². The van der Waals surface area contributed by atoms with Crippen LogP contribution in [0.4, 0.5) is 0 Å². The first kappa shape index (κ1) is 27.2. The summed E-state index contributed by atoms with van der Waals surface area (Å²) in [6.45, 7) is 4.64. The van der Waals surface area contributed by atoms with Crippen LogP contribution in [0.2, 0.25) is 0 Å². The predicted molar refractivity (Wildman–Crippen MR) is 138 cm³/mol. The van der Waals surface area contributed by atoms with Crippen LogP contribution in [0.25, 0.3) is 0 Å². The Balaban J connectivity index is 1.86. The summed E-state index contributed by atoms with van der Waals surface area (Å²) in [5, 5.41) is 0. The van der Waals surface area contributed by atoms with Gasteiger partial charge in [0.2, 0.25) is 0 Å².